The minimum Gasteiger partial charge on any atom is -0.390 e. The molecule has 3 unspecified atom stereocenters. The third kappa shape index (κ3) is 5.16. The Morgan fingerprint density at radius 3 is 2.58 bits per heavy atom. The van der Waals surface area contributed by atoms with E-state index in [9.17, 15) is 19.0 Å². The van der Waals surface area contributed by atoms with Gasteiger partial charge in [0.15, 0.2) is 0 Å². The van der Waals surface area contributed by atoms with Crippen LogP contribution < -0.4 is 0 Å². The Balaban J connectivity index is 1.75. The Morgan fingerprint density at radius 1 is 1.19 bits per heavy atom. The molecule has 3 rings (SSSR count). The number of aliphatic hydroxyl groups is 2. The lowest BCUT2D eigenvalue weighted by molar-refractivity contribution is -0.0868. The molecule has 0 heterocycles. The average Bonchev–Trinajstić information content (AvgIpc) is 3.01. The van der Waals surface area contributed by atoms with Crippen molar-refractivity contribution in [3.8, 4) is 0 Å². The van der Waals surface area contributed by atoms with Gasteiger partial charge in [0, 0.05) is 5.57 Å². The summed E-state index contributed by atoms with van der Waals surface area (Å²) >= 11 is 0. The normalized spacial score (nSPS) is 37.3. The number of hydrogen-bond acceptors (Lipinski definition) is 2. The lowest BCUT2D eigenvalue weighted by atomic mass is 9.60. The van der Waals surface area contributed by atoms with Crippen molar-refractivity contribution in [2.75, 3.05) is 0 Å². The minimum absolute atomic E-state index is 0.0769. The lowest BCUT2D eigenvalue weighted by Crippen LogP contribution is -2.39. The maximum absolute atomic E-state index is 14.6. The smallest absolute Gasteiger partial charge is 0.298 e. The molecule has 2 N–H and O–H groups in total. The van der Waals surface area contributed by atoms with Gasteiger partial charge in [0.1, 0.15) is 6.10 Å². The highest BCUT2D eigenvalue weighted by molar-refractivity contribution is 5.41. The van der Waals surface area contributed by atoms with Crippen molar-refractivity contribution >= 4 is 0 Å². The zero-order valence-corrected chi connectivity index (χ0v) is 19.9. The van der Waals surface area contributed by atoms with Gasteiger partial charge in [0.2, 0.25) is 0 Å². The van der Waals surface area contributed by atoms with E-state index in [1.54, 1.807) is 6.08 Å². The van der Waals surface area contributed by atoms with Crippen LogP contribution in [0.4, 0.5) is 8.78 Å². The zero-order valence-electron chi connectivity index (χ0n) is 19.9. The van der Waals surface area contributed by atoms with Crippen molar-refractivity contribution < 1.29 is 19.0 Å². The highest BCUT2D eigenvalue weighted by Gasteiger charge is 2.51. The molecule has 3 fully saturated rings. The molecule has 4 heteroatoms. The van der Waals surface area contributed by atoms with Gasteiger partial charge in [0.25, 0.3) is 5.92 Å². The minimum atomic E-state index is -3.21. The van der Waals surface area contributed by atoms with Crippen molar-refractivity contribution in [2.24, 2.45) is 23.2 Å². The molecule has 0 spiro atoms. The summed E-state index contributed by atoms with van der Waals surface area (Å²) < 4.78 is 29.1. The number of allylic oxidation sites excluding steroid dienone is 4. The van der Waals surface area contributed by atoms with Crippen LogP contribution in [0.5, 0.6) is 0 Å². The number of aliphatic hydroxyl groups excluding tert-OH is 1. The van der Waals surface area contributed by atoms with Crippen LogP contribution in [0, 0.1) is 23.2 Å². The maximum Gasteiger partial charge on any atom is 0.298 e. The summed E-state index contributed by atoms with van der Waals surface area (Å²) in [5.41, 5.74) is 1.30. The van der Waals surface area contributed by atoms with E-state index >= 15 is 0 Å². The molecule has 0 amide bonds. The SMILES string of the molecule is C=C1CC[C@H](O)C(F)(F)/C1=C/C=C1\CCCC2(C)C1CCC2[C@H](C)CCCC(C)(C)O. The molecule has 0 aliphatic heterocycles. The first-order valence-corrected chi connectivity index (χ1v) is 12.2. The van der Waals surface area contributed by atoms with Gasteiger partial charge in [-0.3, -0.25) is 0 Å². The summed E-state index contributed by atoms with van der Waals surface area (Å²) in [6.45, 7) is 12.4. The van der Waals surface area contributed by atoms with Gasteiger partial charge in [-0.15, -0.1) is 0 Å². The monoisotopic (exact) mass is 436 g/mol. The Hall–Kier alpha value is -1.00. The Labute approximate surface area is 187 Å². The third-order valence-corrected chi connectivity index (χ3v) is 8.52. The fraction of sp³-hybridized carbons (Fsp3) is 0.778. The number of hydrogen-bond donors (Lipinski definition) is 2. The summed E-state index contributed by atoms with van der Waals surface area (Å²) in [6, 6.07) is 0. The van der Waals surface area contributed by atoms with Crippen molar-refractivity contribution in [3.63, 3.8) is 0 Å². The van der Waals surface area contributed by atoms with Crippen LogP contribution in [0.15, 0.2) is 35.5 Å². The third-order valence-electron chi connectivity index (χ3n) is 8.52. The number of rotatable bonds is 6. The first-order valence-electron chi connectivity index (χ1n) is 12.2. The molecule has 3 aliphatic rings. The molecule has 0 saturated heterocycles. The average molecular weight is 437 g/mol. The Bertz CT molecular complexity index is 730. The molecular formula is C27H42F2O2. The maximum atomic E-state index is 14.6. The molecule has 0 aromatic heterocycles. The molecule has 3 saturated carbocycles. The predicted molar refractivity (Wildman–Crippen MR) is 123 cm³/mol. The highest BCUT2D eigenvalue weighted by atomic mass is 19.3. The van der Waals surface area contributed by atoms with E-state index in [1.807, 2.05) is 19.9 Å². The van der Waals surface area contributed by atoms with Gasteiger partial charge < -0.3 is 10.2 Å². The van der Waals surface area contributed by atoms with Crippen molar-refractivity contribution in [3.05, 3.63) is 35.5 Å². The van der Waals surface area contributed by atoms with Gasteiger partial charge in [-0.1, -0.05) is 51.0 Å². The molecule has 0 bridgehead atoms. The standard InChI is InChI=1S/C27H42F2O2/c1-18(8-6-16-25(3,4)31)21-13-14-23-20(9-7-17-26(21,23)5)11-12-22-19(2)10-15-24(30)27(22,28)29/h11-12,18,21,23-24,30-31H,2,6-10,13-17H2,1,3-5H3/b20-11+,22-12+/t18-,21?,23?,24+,26?/m1/s1. The summed E-state index contributed by atoms with van der Waals surface area (Å²) in [7, 11) is 0. The first-order chi connectivity index (χ1) is 14.4. The van der Waals surface area contributed by atoms with E-state index in [0.29, 0.717) is 29.7 Å². The van der Waals surface area contributed by atoms with Crippen LogP contribution in [0.2, 0.25) is 0 Å². The summed E-state index contributed by atoms with van der Waals surface area (Å²) in [4.78, 5) is 0. The summed E-state index contributed by atoms with van der Waals surface area (Å²) in [5, 5.41) is 19.8. The second-order valence-electron chi connectivity index (χ2n) is 11.4. The van der Waals surface area contributed by atoms with E-state index in [0.717, 1.165) is 38.5 Å². The predicted octanol–water partition coefficient (Wildman–Crippen LogP) is 6.98. The van der Waals surface area contributed by atoms with E-state index < -0.39 is 17.6 Å². The van der Waals surface area contributed by atoms with Crippen LogP contribution in [0.3, 0.4) is 0 Å². The molecule has 5 atom stereocenters. The zero-order chi connectivity index (χ0) is 23.0. The van der Waals surface area contributed by atoms with Gasteiger partial charge in [-0.25, -0.2) is 0 Å². The van der Waals surface area contributed by atoms with Crippen molar-refractivity contribution in [1.29, 1.82) is 0 Å². The van der Waals surface area contributed by atoms with Crippen LogP contribution >= 0.6 is 0 Å². The molecule has 3 aliphatic carbocycles. The molecule has 0 aromatic rings. The molecular weight excluding hydrogens is 394 g/mol. The topological polar surface area (TPSA) is 40.5 Å². The van der Waals surface area contributed by atoms with Crippen molar-refractivity contribution in [1.82, 2.24) is 0 Å². The second-order valence-corrected chi connectivity index (χ2v) is 11.4. The number of fused-ring (bicyclic) bond motifs is 1. The van der Waals surface area contributed by atoms with E-state index in [1.165, 1.54) is 18.4 Å². The second kappa shape index (κ2) is 9.09. The number of alkyl halides is 2. The van der Waals surface area contributed by atoms with E-state index in [4.69, 9.17) is 0 Å². The van der Waals surface area contributed by atoms with Gasteiger partial charge in [-0.2, -0.15) is 8.78 Å². The molecule has 0 aromatic carbocycles. The molecule has 176 valence electrons. The molecule has 0 radical (unpaired) electrons. The fourth-order valence-corrected chi connectivity index (χ4v) is 6.73. The largest absolute Gasteiger partial charge is 0.390 e. The molecule has 31 heavy (non-hydrogen) atoms. The van der Waals surface area contributed by atoms with Gasteiger partial charge in [-0.05, 0) is 94.0 Å². The molecule has 2 nitrogen and oxygen atoms in total. The Morgan fingerprint density at radius 2 is 1.90 bits per heavy atom. The first kappa shape index (κ1) is 24.6. The highest BCUT2D eigenvalue weighted by Crippen LogP contribution is 2.60. The number of halogens is 2. The fourth-order valence-electron chi connectivity index (χ4n) is 6.73. The Kier molecular flexibility index (Phi) is 7.23. The van der Waals surface area contributed by atoms with Crippen LogP contribution in [0.1, 0.15) is 91.9 Å². The van der Waals surface area contributed by atoms with Crippen molar-refractivity contribution in [2.45, 2.75) is 110 Å². The van der Waals surface area contributed by atoms with Crippen LogP contribution in [-0.2, 0) is 0 Å². The lowest BCUT2D eigenvalue weighted by Gasteiger charge is -2.44. The van der Waals surface area contributed by atoms with Gasteiger partial charge >= 0.3 is 0 Å². The van der Waals surface area contributed by atoms with Gasteiger partial charge in [0.05, 0.1) is 5.60 Å². The van der Waals surface area contributed by atoms with E-state index in [2.05, 4.69) is 20.4 Å². The van der Waals surface area contributed by atoms with Crippen LogP contribution in [-0.4, -0.2) is 27.8 Å². The summed E-state index contributed by atoms with van der Waals surface area (Å²) in [5.74, 6) is -1.51. The van der Waals surface area contributed by atoms with Crippen LogP contribution in [0.25, 0.3) is 0 Å². The van der Waals surface area contributed by atoms with E-state index in [-0.39, 0.29) is 17.4 Å². The summed E-state index contributed by atoms with van der Waals surface area (Å²) in [6.07, 6.45) is 11.0. The quantitative estimate of drug-likeness (QED) is 0.471.